The maximum absolute atomic E-state index is 12.8. The topological polar surface area (TPSA) is 117 Å². The molecule has 2 aromatic carbocycles. The van der Waals surface area contributed by atoms with Crippen molar-refractivity contribution < 1.29 is 22.7 Å². The van der Waals surface area contributed by atoms with E-state index in [1.807, 2.05) is 6.07 Å². The number of morpholine rings is 1. The van der Waals surface area contributed by atoms with Crippen molar-refractivity contribution in [2.75, 3.05) is 43.5 Å². The summed E-state index contributed by atoms with van der Waals surface area (Å²) in [5.41, 5.74) is 1.82. The standard InChI is InChI=1S/C21H26N4O5S/c1-16-7-8-18(31(28,29)25-11-13-30-14-12-25)15-19(16)24-20(26)9-10-22-21(27)23-17-5-3-2-4-6-17/h2-8,15H,9-14H2,1H3,(H,24,26)(H2,22,23,27). The number of nitrogens with zero attached hydrogens (tertiary/aromatic N) is 1. The molecular weight excluding hydrogens is 420 g/mol. The van der Waals surface area contributed by atoms with Crippen molar-refractivity contribution >= 4 is 33.3 Å². The summed E-state index contributed by atoms with van der Waals surface area (Å²) in [6.07, 6.45) is 0.0437. The number of hydrogen-bond acceptors (Lipinski definition) is 5. The van der Waals surface area contributed by atoms with Crippen LogP contribution < -0.4 is 16.0 Å². The van der Waals surface area contributed by atoms with Crippen LogP contribution in [0, 0.1) is 6.92 Å². The zero-order valence-corrected chi connectivity index (χ0v) is 18.1. The van der Waals surface area contributed by atoms with Gasteiger partial charge in [0.15, 0.2) is 0 Å². The summed E-state index contributed by atoms with van der Waals surface area (Å²) in [4.78, 5) is 24.3. The number of benzene rings is 2. The van der Waals surface area contributed by atoms with E-state index < -0.39 is 16.1 Å². The Morgan fingerprint density at radius 3 is 2.45 bits per heavy atom. The third-order valence-corrected chi connectivity index (χ3v) is 6.65. The normalized spacial score (nSPS) is 14.6. The summed E-state index contributed by atoms with van der Waals surface area (Å²) in [5.74, 6) is -0.330. The third kappa shape index (κ3) is 6.27. The van der Waals surface area contributed by atoms with Crippen LogP contribution in [-0.4, -0.2) is 57.5 Å². The molecule has 0 spiro atoms. The maximum atomic E-state index is 12.8. The van der Waals surface area contributed by atoms with Gasteiger partial charge in [-0.2, -0.15) is 4.31 Å². The minimum absolute atomic E-state index is 0.0437. The van der Waals surface area contributed by atoms with Crippen LogP contribution in [0.3, 0.4) is 0 Å². The number of sulfonamides is 1. The quantitative estimate of drug-likeness (QED) is 0.603. The molecule has 3 rings (SSSR count). The number of carbonyl (C=O) groups excluding carboxylic acids is 2. The Morgan fingerprint density at radius 1 is 1.03 bits per heavy atom. The summed E-state index contributed by atoms with van der Waals surface area (Å²) < 4.78 is 32.3. The third-order valence-electron chi connectivity index (χ3n) is 4.76. The van der Waals surface area contributed by atoms with E-state index in [4.69, 9.17) is 4.74 Å². The lowest BCUT2D eigenvalue weighted by atomic mass is 10.2. The highest BCUT2D eigenvalue weighted by atomic mass is 32.2. The van der Waals surface area contributed by atoms with Gasteiger partial charge in [0.05, 0.1) is 18.1 Å². The van der Waals surface area contributed by atoms with E-state index in [2.05, 4.69) is 16.0 Å². The molecule has 1 heterocycles. The molecule has 0 bridgehead atoms. The first-order chi connectivity index (χ1) is 14.9. The SMILES string of the molecule is Cc1ccc(S(=O)(=O)N2CCOCC2)cc1NC(=O)CCNC(=O)Nc1ccccc1. The van der Waals surface area contributed by atoms with Gasteiger partial charge in [0.25, 0.3) is 0 Å². The highest BCUT2D eigenvalue weighted by molar-refractivity contribution is 7.89. The molecule has 1 saturated heterocycles. The van der Waals surface area contributed by atoms with E-state index in [0.29, 0.717) is 37.7 Å². The molecule has 10 heteroatoms. The molecular formula is C21H26N4O5S. The molecule has 1 fully saturated rings. The van der Waals surface area contributed by atoms with Gasteiger partial charge in [-0.05, 0) is 36.8 Å². The maximum Gasteiger partial charge on any atom is 0.319 e. The molecule has 0 unspecified atom stereocenters. The van der Waals surface area contributed by atoms with Crippen molar-refractivity contribution in [3.8, 4) is 0 Å². The number of rotatable bonds is 7. The molecule has 0 saturated carbocycles. The fourth-order valence-corrected chi connectivity index (χ4v) is 4.47. The number of aryl methyl sites for hydroxylation is 1. The van der Waals surface area contributed by atoms with Gasteiger partial charge in [0.1, 0.15) is 0 Å². The van der Waals surface area contributed by atoms with Crippen LogP contribution in [0.5, 0.6) is 0 Å². The first kappa shape index (κ1) is 22.7. The monoisotopic (exact) mass is 446 g/mol. The predicted molar refractivity (Wildman–Crippen MR) is 117 cm³/mol. The fraction of sp³-hybridized carbons (Fsp3) is 0.333. The van der Waals surface area contributed by atoms with Crippen LogP contribution in [0.25, 0.3) is 0 Å². The van der Waals surface area contributed by atoms with Crippen LogP contribution >= 0.6 is 0 Å². The summed E-state index contributed by atoms with van der Waals surface area (Å²) in [7, 11) is -3.66. The van der Waals surface area contributed by atoms with Crippen LogP contribution in [0.4, 0.5) is 16.2 Å². The Hall–Kier alpha value is -2.95. The first-order valence-electron chi connectivity index (χ1n) is 9.94. The molecule has 3 amide bonds. The van der Waals surface area contributed by atoms with Gasteiger partial charge in [0.2, 0.25) is 15.9 Å². The number of para-hydroxylation sites is 1. The molecule has 166 valence electrons. The molecule has 9 nitrogen and oxygen atoms in total. The van der Waals surface area contributed by atoms with Gasteiger partial charge in [-0.3, -0.25) is 4.79 Å². The average Bonchev–Trinajstić information content (AvgIpc) is 2.76. The van der Waals surface area contributed by atoms with Gasteiger partial charge in [-0.25, -0.2) is 13.2 Å². The summed E-state index contributed by atoms with van der Waals surface area (Å²) >= 11 is 0. The van der Waals surface area contributed by atoms with Gasteiger partial charge in [-0.15, -0.1) is 0 Å². The van der Waals surface area contributed by atoms with E-state index in [1.54, 1.807) is 37.3 Å². The number of carbonyl (C=O) groups is 2. The predicted octanol–water partition coefficient (Wildman–Crippen LogP) is 2.17. The lowest BCUT2D eigenvalue weighted by Gasteiger charge is -2.26. The lowest BCUT2D eigenvalue weighted by molar-refractivity contribution is -0.116. The van der Waals surface area contributed by atoms with Gasteiger partial charge >= 0.3 is 6.03 Å². The Kier molecular flexibility index (Phi) is 7.61. The van der Waals surface area contributed by atoms with E-state index >= 15 is 0 Å². The minimum atomic E-state index is -3.66. The van der Waals surface area contributed by atoms with Crippen molar-refractivity contribution in [2.45, 2.75) is 18.2 Å². The number of ether oxygens (including phenoxy) is 1. The number of amides is 3. The Morgan fingerprint density at radius 2 is 1.74 bits per heavy atom. The first-order valence-corrected chi connectivity index (χ1v) is 11.4. The van der Waals surface area contributed by atoms with E-state index in [0.717, 1.165) is 5.56 Å². The molecule has 0 radical (unpaired) electrons. The second-order valence-electron chi connectivity index (χ2n) is 7.04. The van der Waals surface area contributed by atoms with Crippen molar-refractivity contribution in [2.24, 2.45) is 0 Å². The molecule has 0 aliphatic carbocycles. The van der Waals surface area contributed by atoms with Crippen molar-refractivity contribution in [3.05, 3.63) is 54.1 Å². The van der Waals surface area contributed by atoms with E-state index in [9.17, 15) is 18.0 Å². The highest BCUT2D eigenvalue weighted by Crippen LogP contribution is 2.23. The smallest absolute Gasteiger partial charge is 0.319 e. The molecule has 3 N–H and O–H groups in total. The zero-order chi connectivity index (χ0) is 22.3. The van der Waals surface area contributed by atoms with Gasteiger partial charge in [-0.1, -0.05) is 24.3 Å². The molecule has 1 aliphatic rings. The average molecular weight is 447 g/mol. The highest BCUT2D eigenvalue weighted by Gasteiger charge is 2.26. The summed E-state index contributed by atoms with van der Waals surface area (Å²) in [5, 5.41) is 8.01. The molecule has 0 atom stereocenters. The Balaban J connectivity index is 1.54. The Labute approximate surface area is 181 Å². The van der Waals surface area contributed by atoms with Crippen LogP contribution in [0.15, 0.2) is 53.4 Å². The van der Waals surface area contributed by atoms with Crippen molar-refractivity contribution in [1.82, 2.24) is 9.62 Å². The summed E-state index contributed by atoms with van der Waals surface area (Å²) in [6, 6.07) is 13.2. The summed E-state index contributed by atoms with van der Waals surface area (Å²) in [6.45, 7) is 3.24. The van der Waals surface area contributed by atoms with Crippen molar-refractivity contribution in [1.29, 1.82) is 0 Å². The lowest BCUT2D eigenvalue weighted by Crippen LogP contribution is -2.40. The second-order valence-corrected chi connectivity index (χ2v) is 8.98. The van der Waals surface area contributed by atoms with Crippen LogP contribution in [0.2, 0.25) is 0 Å². The molecule has 2 aromatic rings. The number of urea groups is 1. The molecule has 0 aromatic heterocycles. The Bertz CT molecular complexity index is 1020. The largest absolute Gasteiger partial charge is 0.379 e. The van der Waals surface area contributed by atoms with E-state index in [-0.39, 0.29) is 23.8 Å². The minimum Gasteiger partial charge on any atom is -0.379 e. The number of anilines is 2. The van der Waals surface area contributed by atoms with Crippen LogP contribution in [-0.2, 0) is 19.6 Å². The second kappa shape index (κ2) is 10.4. The zero-order valence-electron chi connectivity index (χ0n) is 17.3. The van der Waals surface area contributed by atoms with E-state index in [1.165, 1.54) is 16.4 Å². The van der Waals surface area contributed by atoms with Crippen LogP contribution in [0.1, 0.15) is 12.0 Å². The fourth-order valence-electron chi connectivity index (χ4n) is 3.03. The van der Waals surface area contributed by atoms with Crippen molar-refractivity contribution in [3.63, 3.8) is 0 Å². The number of nitrogens with one attached hydrogen (secondary N) is 3. The van der Waals surface area contributed by atoms with Gasteiger partial charge < -0.3 is 20.7 Å². The van der Waals surface area contributed by atoms with Gasteiger partial charge in [0, 0.05) is 37.4 Å². The number of hydrogen-bond donors (Lipinski definition) is 3. The molecule has 1 aliphatic heterocycles. The molecule has 31 heavy (non-hydrogen) atoms.